The number of oxime groups is 1. The predicted molar refractivity (Wildman–Crippen MR) is 76.2 cm³/mol. The molecule has 1 aromatic rings. The number of benzene rings is 1. The van der Waals surface area contributed by atoms with Gasteiger partial charge in [-0.05, 0) is 49.1 Å². The molecule has 0 aliphatic rings. The summed E-state index contributed by atoms with van der Waals surface area (Å²) in [7, 11) is 0. The van der Waals surface area contributed by atoms with Crippen LogP contribution in [-0.4, -0.2) is 30.7 Å². The highest BCUT2D eigenvalue weighted by atomic mass is 16.5. The zero-order chi connectivity index (χ0) is 14.1. The molecule has 0 amide bonds. The molecular formula is C15H23NO3. The van der Waals surface area contributed by atoms with E-state index in [0.29, 0.717) is 24.8 Å². The molecule has 0 bridgehead atoms. The molecule has 19 heavy (non-hydrogen) atoms. The van der Waals surface area contributed by atoms with Gasteiger partial charge in [0.1, 0.15) is 12.4 Å². The van der Waals surface area contributed by atoms with Gasteiger partial charge in [-0.2, -0.15) is 0 Å². The molecule has 0 spiro atoms. The van der Waals surface area contributed by atoms with Crippen LogP contribution in [-0.2, 0) is 4.74 Å². The second kappa shape index (κ2) is 8.53. The van der Waals surface area contributed by atoms with Crippen LogP contribution in [0, 0.1) is 5.92 Å². The Hall–Kier alpha value is -1.55. The summed E-state index contributed by atoms with van der Waals surface area (Å²) >= 11 is 0. The summed E-state index contributed by atoms with van der Waals surface area (Å²) < 4.78 is 11.0. The minimum absolute atomic E-state index is 0.546. The summed E-state index contributed by atoms with van der Waals surface area (Å²) in [6.45, 7) is 8.04. The van der Waals surface area contributed by atoms with E-state index < -0.39 is 0 Å². The van der Waals surface area contributed by atoms with E-state index in [1.807, 2.05) is 24.3 Å². The molecular weight excluding hydrogens is 242 g/mol. The summed E-state index contributed by atoms with van der Waals surface area (Å²) in [5.41, 5.74) is 1.46. The largest absolute Gasteiger partial charge is 0.491 e. The maximum atomic E-state index is 8.66. The van der Waals surface area contributed by atoms with Crippen LogP contribution in [0.3, 0.4) is 0 Å². The molecule has 4 heteroatoms. The molecule has 0 heterocycles. The van der Waals surface area contributed by atoms with Crippen molar-refractivity contribution in [3.8, 4) is 5.75 Å². The Morgan fingerprint density at radius 2 is 1.84 bits per heavy atom. The Balaban J connectivity index is 2.23. The number of hydrogen-bond donors (Lipinski definition) is 1. The molecule has 0 atom stereocenters. The monoisotopic (exact) mass is 265 g/mol. The van der Waals surface area contributed by atoms with Crippen molar-refractivity contribution in [2.24, 2.45) is 11.1 Å². The van der Waals surface area contributed by atoms with Crippen LogP contribution in [0.15, 0.2) is 29.4 Å². The molecule has 4 nitrogen and oxygen atoms in total. The van der Waals surface area contributed by atoms with Gasteiger partial charge < -0.3 is 14.7 Å². The zero-order valence-electron chi connectivity index (χ0n) is 11.9. The predicted octanol–water partition coefficient (Wildman–Crippen LogP) is 3.33. The van der Waals surface area contributed by atoms with E-state index in [1.165, 1.54) is 0 Å². The summed E-state index contributed by atoms with van der Waals surface area (Å²) in [5, 5.41) is 11.8. The van der Waals surface area contributed by atoms with Crippen LogP contribution < -0.4 is 4.74 Å². The van der Waals surface area contributed by atoms with E-state index in [0.717, 1.165) is 24.3 Å². The van der Waals surface area contributed by atoms with Crippen LogP contribution in [0.4, 0.5) is 0 Å². The lowest BCUT2D eigenvalue weighted by Crippen LogP contribution is -2.08. The fourth-order valence-electron chi connectivity index (χ4n) is 1.49. The molecule has 0 saturated heterocycles. The third kappa shape index (κ3) is 6.25. The second-order valence-corrected chi connectivity index (χ2v) is 4.85. The molecule has 0 unspecified atom stereocenters. The topological polar surface area (TPSA) is 51.1 Å². The minimum atomic E-state index is 0.546. The lowest BCUT2D eigenvalue weighted by atomic mass is 10.1. The lowest BCUT2D eigenvalue weighted by Gasteiger charge is -2.08. The van der Waals surface area contributed by atoms with Crippen LogP contribution >= 0.6 is 0 Å². The maximum Gasteiger partial charge on any atom is 0.119 e. The van der Waals surface area contributed by atoms with Gasteiger partial charge in [0.15, 0.2) is 0 Å². The van der Waals surface area contributed by atoms with E-state index in [9.17, 15) is 0 Å². The summed E-state index contributed by atoms with van der Waals surface area (Å²) in [4.78, 5) is 0. The standard InChI is InChI=1S/C15H23NO3/c1-12(2)8-9-18-10-11-19-15-6-4-14(5-7-15)13(3)16-17/h4-7,12,17H,8-11H2,1-3H3. The van der Waals surface area contributed by atoms with E-state index in [-0.39, 0.29) is 0 Å². The molecule has 0 saturated carbocycles. The van der Waals surface area contributed by atoms with Crippen molar-refractivity contribution in [1.29, 1.82) is 0 Å². The Kier molecular flexibility index (Phi) is 6.97. The third-order valence-electron chi connectivity index (χ3n) is 2.76. The van der Waals surface area contributed by atoms with Gasteiger partial charge in [-0.3, -0.25) is 0 Å². The van der Waals surface area contributed by atoms with E-state index in [1.54, 1.807) is 6.92 Å². The summed E-state index contributed by atoms with van der Waals surface area (Å²) in [5.74, 6) is 1.46. The average Bonchev–Trinajstić information content (AvgIpc) is 2.42. The van der Waals surface area contributed by atoms with Crippen LogP contribution in [0.25, 0.3) is 0 Å². The maximum absolute atomic E-state index is 8.66. The number of hydrogen-bond acceptors (Lipinski definition) is 4. The number of ether oxygens (including phenoxy) is 2. The Morgan fingerprint density at radius 3 is 2.42 bits per heavy atom. The van der Waals surface area contributed by atoms with Crippen molar-refractivity contribution in [1.82, 2.24) is 0 Å². The molecule has 0 fully saturated rings. The molecule has 0 radical (unpaired) electrons. The third-order valence-corrected chi connectivity index (χ3v) is 2.76. The van der Waals surface area contributed by atoms with E-state index >= 15 is 0 Å². The van der Waals surface area contributed by atoms with Crippen LogP contribution in [0.2, 0.25) is 0 Å². The normalized spacial score (nSPS) is 11.9. The first kappa shape index (κ1) is 15.5. The van der Waals surface area contributed by atoms with Gasteiger partial charge in [0.25, 0.3) is 0 Å². The van der Waals surface area contributed by atoms with Gasteiger partial charge in [-0.15, -0.1) is 0 Å². The van der Waals surface area contributed by atoms with Crippen molar-refractivity contribution in [2.75, 3.05) is 19.8 Å². The Labute approximate surface area is 115 Å². The van der Waals surface area contributed by atoms with Crippen molar-refractivity contribution in [3.63, 3.8) is 0 Å². The molecule has 1 N–H and O–H groups in total. The van der Waals surface area contributed by atoms with Crippen LogP contribution in [0.5, 0.6) is 5.75 Å². The smallest absolute Gasteiger partial charge is 0.119 e. The molecule has 0 aliphatic carbocycles. The van der Waals surface area contributed by atoms with Crippen molar-refractivity contribution in [3.05, 3.63) is 29.8 Å². The first-order valence-corrected chi connectivity index (χ1v) is 6.63. The zero-order valence-corrected chi connectivity index (χ0v) is 11.9. The van der Waals surface area contributed by atoms with Gasteiger partial charge >= 0.3 is 0 Å². The highest BCUT2D eigenvalue weighted by molar-refractivity contribution is 5.98. The van der Waals surface area contributed by atoms with Gasteiger partial charge in [-0.1, -0.05) is 19.0 Å². The van der Waals surface area contributed by atoms with E-state index in [2.05, 4.69) is 19.0 Å². The Bertz CT molecular complexity index is 385. The fourth-order valence-corrected chi connectivity index (χ4v) is 1.49. The van der Waals surface area contributed by atoms with Crippen molar-refractivity contribution < 1.29 is 14.7 Å². The van der Waals surface area contributed by atoms with Crippen LogP contribution in [0.1, 0.15) is 32.8 Å². The molecule has 1 rings (SSSR count). The molecule has 1 aromatic carbocycles. The first-order valence-electron chi connectivity index (χ1n) is 6.63. The van der Waals surface area contributed by atoms with Gasteiger partial charge in [0, 0.05) is 6.61 Å². The van der Waals surface area contributed by atoms with Gasteiger partial charge in [0.2, 0.25) is 0 Å². The van der Waals surface area contributed by atoms with E-state index in [4.69, 9.17) is 14.7 Å². The number of rotatable bonds is 8. The summed E-state index contributed by atoms with van der Waals surface area (Å²) in [6.07, 6.45) is 1.08. The average molecular weight is 265 g/mol. The first-order chi connectivity index (χ1) is 9.13. The number of nitrogens with zero attached hydrogens (tertiary/aromatic N) is 1. The van der Waals surface area contributed by atoms with Gasteiger partial charge in [0.05, 0.1) is 12.3 Å². The lowest BCUT2D eigenvalue weighted by molar-refractivity contribution is 0.0926. The highest BCUT2D eigenvalue weighted by Crippen LogP contribution is 2.12. The quantitative estimate of drug-likeness (QED) is 0.339. The SMILES string of the molecule is CC(=NO)c1ccc(OCCOCCC(C)C)cc1. The van der Waals surface area contributed by atoms with Gasteiger partial charge in [-0.25, -0.2) is 0 Å². The highest BCUT2D eigenvalue weighted by Gasteiger charge is 1.99. The summed E-state index contributed by atoms with van der Waals surface area (Å²) in [6, 6.07) is 7.45. The second-order valence-electron chi connectivity index (χ2n) is 4.85. The molecule has 106 valence electrons. The van der Waals surface area contributed by atoms with Crippen molar-refractivity contribution in [2.45, 2.75) is 27.2 Å². The van der Waals surface area contributed by atoms with Crippen molar-refractivity contribution >= 4 is 5.71 Å². The molecule has 0 aliphatic heterocycles. The fraction of sp³-hybridized carbons (Fsp3) is 0.533. The minimum Gasteiger partial charge on any atom is -0.491 e. The molecule has 0 aromatic heterocycles. The Morgan fingerprint density at radius 1 is 1.16 bits per heavy atom.